The molecule has 0 amide bonds. The van der Waals surface area contributed by atoms with E-state index in [0.717, 1.165) is 34.6 Å². The van der Waals surface area contributed by atoms with Gasteiger partial charge in [-0.3, -0.25) is 0 Å². The first-order valence-corrected chi connectivity index (χ1v) is 6.97. The highest BCUT2D eigenvalue weighted by Gasteiger charge is 2.21. The zero-order chi connectivity index (χ0) is 11.5. The van der Waals surface area contributed by atoms with Crippen LogP contribution in [0.3, 0.4) is 0 Å². The first-order chi connectivity index (χ1) is 7.65. The fourth-order valence-electron chi connectivity index (χ4n) is 1.93. The van der Waals surface area contributed by atoms with E-state index < -0.39 is 0 Å². The molecule has 0 aliphatic heterocycles. The van der Waals surface area contributed by atoms with Crippen LogP contribution in [0.5, 0.6) is 5.88 Å². The van der Waals surface area contributed by atoms with Crippen molar-refractivity contribution in [3.05, 3.63) is 21.2 Å². The molecular weight excluding hydrogens is 336 g/mol. The van der Waals surface area contributed by atoms with E-state index >= 15 is 0 Å². The van der Waals surface area contributed by atoms with Crippen molar-refractivity contribution in [1.82, 2.24) is 4.98 Å². The van der Waals surface area contributed by atoms with Crippen LogP contribution in [-0.4, -0.2) is 17.1 Å². The molecule has 5 heteroatoms. The van der Waals surface area contributed by atoms with Gasteiger partial charge in [-0.1, -0.05) is 0 Å². The highest BCUT2D eigenvalue weighted by atomic mass is 79.9. The van der Waals surface area contributed by atoms with Gasteiger partial charge in [0.2, 0.25) is 5.88 Å². The summed E-state index contributed by atoms with van der Waals surface area (Å²) in [7, 11) is 0. The molecule has 1 heterocycles. The topological polar surface area (TPSA) is 48.1 Å². The van der Waals surface area contributed by atoms with Crippen molar-refractivity contribution in [1.29, 1.82) is 0 Å². The largest absolute Gasteiger partial charge is 0.473 e. The maximum Gasteiger partial charge on any atom is 0.228 e. The van der Waals surface area contributed by atoms with Crippen LogP contribution < -0.4 is 10.5 Å². The van der Waals surface area contributed by atoms with E-state index in [1.807, 2.05) is 6.07 Å². The van der Waals surface area contributed by atoms with Crippen molar-refractivity contribution < 1.29 is 4.74 Å². The summed E-state index contributed by atoms with van der Waals surface area (Å²) < 4.78 is 7.67. The minimum atomic E-state index is 0.203. The van der Waals surface area contributed by atoms with Gasteiger partial charge < -0.3 is 10.5 Å². The van der Waals surface area contributed by atoms with Gasteiger partial charge in [-0.25, -0.2) is 4.98 Å². The van der Waals surface area contributed by atoms with Crippen LogP contribution >= 0.6 is 31.9 Å². The number of rotatable bonds is 2. The molecule has 16 heavy (non-hydrogen) atoms. The highest BCUT2D eigenvalue weighted by molar-refractivity contribution is 9.11. The Kier molecular flexibility index (Phi) is 4.21. The van der Waals surface area contributed by atoms with E-state index in [1.165, 1.54) is 0 Å². The van der Waals surface area contributed by atoms with Crippen molar-refractivity contribution >= 4 is 31.9 Å². The molecule has 1 saturated carbocycles. The first kappa shape index (κ1) is 12.3. The minimum Gasteiger partial charge on any atom is -0.473 e. The van der Waals surface area contributed by atoms with Gasteiger partial charge in [-0.2, -0.15) is 0 Å². The second-order valence-electron chi connectivity index (χ2n) is 4.11. The monoisotopic (exact) mass is 348 g/mol. The van der Waals surface area contributed by atoms with Crippen LogP contribution in [0.4, 0.5) is 0 Å². The van der Waals surface area contributed by atoms with Gasteiger partial charge >= 0.3 is 0 Å². The third-order valence-electron chi connectivity index (χ3n) is 2.72. The Balaban J connectivity index is 2.02. The fraction of sp³-hybridized carbons (Fsp3) is 0.545. The van der Waals surface area contributed by atoms with E-state index in [-0.39, 0.29) is 12.1 Å². The Morgan fingerprint density at radius 2 is 2.19 bits per heavy atom. The van der Waals surface area contributed by atoms with Gasteiger partial charge in [-0.05, 0) is 63.6 Å². The zero-order valence-electron chi connectivity index (χ0n) is 8.83. The molecule has 88 valence electrons. The lowest BCUT2D eigenvalue weighted by molar-refractivity contribution is 0.137. The summed E-state index contributed by atoms with van der Waals surface area (Å²) in [5.41, 5.74) is 5.92. The molecule has 2 atom stereocenters. The van der Waals surface area contributed by atoms with Gasteiger partial charge in [0.05, 0.1) is 4.47 Å². The summed E-state index contributed by atoms with van der Waals surface area (Å²) in [6.45, 7) is 0. The van der Waals surface area contributed by atoms with E-state index in [0.29, 0.717) is 5.88 Å². The van der Waals surface area contributed by atoms with Gasteiger partial charge in [0.15, 0.2) is 0 Å². The highest BCUT2D eigenvalue weighted by Crippen LogP contribution is 2.29. The average molecular weight is 350 g/mol. The molecule has 0 bridgehead atoms. The predicted molar refractivity (Wildman–Crippen MR) is 70.5 cm³/mol. The number of ether oxygens (including phenoxy) is 1. The van der Waals surface area contributed by atoms with Crippen molar-refractivity contribution in [3.63, 3.8) is 0 Å². The number of hydrogen-bond acceptors (Lipinski definition) is 3. The quantitative estimate of drug-likeness (QED) is 0.891. The van der Waals surface area contributed by atoms with Crippen molar-refractivity contribution in [2.24, 2.45) is 5.73 Å². The van der Waals surface area contributed by atoms with E-state index in [2.05, 4.69) is 36.8 Å². The first-order valence-electron chi connectivity index (χ1n) is 5.38. The molecule has 0 spiro atoms. The summed E-state index contributed by atoms with van der Waals surface area (Å²) in [5, 5.41) is 0. The smallest absolute Gasteiger partial charge is 0.228 e. The second kappa shape index (κ2) is 5.47. The summed E-state index contributed by atoms with van der Waals surface area (Å²) in [5.74, 6) is 0.655. The minimum absolute atomic E-state index is 0.203. The molecule has 1 aromatic rings. The lowest BCUT2D eigenvalue weighted by atomic mass is 9.94. The molecule has 0 aromatic carbocycles. The molecule has 2 unspecified atom stereocenters. The van der Waals surface area contributed by atoms with Gasteiger partial charge in [0.1, 0.15) is 6.10 Å². The number of pyridine rings is 1. The molecule has 1 aliphatic rings. The SMILES string of the molecule is NC1CCCC(Oc2ncc(Br)cc2Br)C1. The number of hydrogen-bond donors (Lipinski definition) is 1. The van der Waals surface area contributed by atoms with Gasteiger partial charge in [-0.15, -0.1) is 0 Å². The van der Waals surface area contributed by atoms with E-state index in [9.17, 15) is 0 Å². The van der Waals surface area contributed by atoms with Crippen LogP contribution in [0.25, 0.3) is 0 Å². The number of aromatic nitrogens is 1. The summed E-state index contributed by atoms with van der Waals surface area (Å²) in [4.78, 5) is 4.24. The lowest BCUT2D eigenvalue weighted by Crippen LogP contribution is -2.33. The molecule has 2 rings (SSSR count). The lowest BCUT2D eigenvalue weighted by Gasteiger charge is -2.27. The average Bonchev–Trinajstić information content (AvgIpc) is 2.22. The molecular formula is C11H14Br2N2O. The van der Waals surface area contributed by atoms with Crippen molar-refractivity contribution in [2.45, 2.75) is 37.8 Å². The maximum atomic E-state index is 5.92. The van der Waals surface area contributed by atoms with E-state index in [4.69, 9.17) is 10.5 Å². The number of nitrogens with two attached hydrogens (primary N) is 1. The van der Waals surface area contributed by atoms with E-state index in [1.54, 1.807) is 6.20 Å². The number of nitrogens with zero attached hydrogens (tertiary/aromatic N) is 1. The Hall–Kier alpha value is -0.130. The van der Waals surface area contributed by atoms with Crippen LogP contribution in [0.1, 0.15) is 25.7 Å². The van der Waals surface area contributed by atoms with Crippen LogP contribution in [0, 0.1) is 0 Å². The van der Waals surface area contributed by atoms with Crippen molar-refractivity contribution in [2.75, 3.05) is 0 Å². The molecule has 1 fully saturated rings. The van der Waals surface area contributed by atoms with Gasteiger partial charge in [0, 0.05) is 16.7 Å². The summed E-state index contributed by atoms with van der Waals surface area (Å²) in [6, 6.07) is 2.21. The van der Waals surface area contributed by atoms with Crippen LogP contribution in [0.15, 0.2) is 21.2 Å². The zero-order valence-corrected chi connectivity index (χ0v) is 12.0. The maximum absolute atomic E-state index is 5.92. The predicted octanol–water partition coefficient (Wildman–Crippen LogP) is 3.26. The summed E-state index contributed by atoms with van der Waals surface area (Å²) >= 11 is 6.80. The third kappa shape index (κ3) is 3.18. The molecule has 0 radical (unpaired) electrons. The Morgan fingerprint density at radius 1 is 1.38 bits per heavy atom. The third-order valence-corrected chi connectivity index (χ3v) is 3.72. The second-order valence-corrected chi connectivity index (χ2v) is 5.88. The molecule has 2 N–H and O–H groups in total. The normalized spacial score (nSPS) is 25.4. The standard InChI is InChI=1S/C11H14Br2N2O/c12-7-4-10(13)11(15-6-7)16-9-3-1-2-8(14)5-9/h4,6,8-9H,1-3,5,14H2. The summed E-state index contributed by atoms with van der Waals surface area (Å²) in [6.07, 6.45) is 6.17. The molecule has 1 aromatic heterocycles. The Labute approximate surface area is 112 Å². The van der Waals surface area contributed by atoms with Gasteiger partial charge in [0.25, 0.3) is 0 Å². The van der Waals surface area contributed by atoms with Crippen LogP contribution in [0.2, 0.25) is 0 Å². The fourth-order valence-corrected chi connectivity index (χ4v) is 3.02. The molecule has 0 saturated heterocycles. The Morgan fingerprint density at radius 3 is 2.88 bits per heavy atom. The molecule has 3 nitrogen and oxygen atoms in total. The van der Waals surface area contributed by atoms with Crippen molar-refractivity contribution in [3.8, 4) is 5.88 Å². The number of halogens is 2. The Bertz CT molecular complexity index is 373. The molecule has 1 aliphatic carbocycles. The van der Waals surface area contributed by atoms with Crippen LogP contribution in [-0.2, 0) is 0 Å².